The van der Waals surface area contributed by atoms with Crippen LogP contribution in [0.2, 0.25) is 5.22 Å². The molecule has 0 spiro atoms. The van der Waals surface area contributed by atoms with Gasteiger partial charge in [0.15, 0.2) is 11.0 Å². The third kappa shape index (κ3) is 2.23. The molecule has 1 aliphatic rings. The van der Waals surface area contributed by atoms with Crippen molar-refractivity contribution in [2.75, 3.05) is 19.6 Å². The number of amides is 1. The summed E-state index contributed by atoms with van der Waals surface area (Å²) in [6.45, 7) is 4.48. The Bertz CT molecular complexity index is 372. The van der Waals surface area contributed by atoms with Gasteiger partial charge in [-0.2, -0.15) is 0 Å². The molecule has 88 valence electrons. The number of nitrogens with one attached hydrogen (secondary N) is 1. The largest absolute Gasteiger partial charge is 0.440 e. The summed E-state index contributed by atoms with van der Waals surface area (Å²) >= 11 is 5.66. The van der Waals surface area contributed by atoms with Crippen LogP contribution in [0, 0.1) is 0 Å². The van der Waals surface area contributed by atoms with Gasteiger partial charge in [-0.25, -0.2) is 0 Å². The highest BCUT2D eigenvalue weighted by Gasteiger charge is 2.27. The van der Waals surface area contributed by atoms with Crippen molar-refractivity contribution in [2.45, 2.75) is 19.4 Å². The highest BCUT2D eigenvalue weighted by Crippen LogP contribution is 2.17. The second kappa shape index (κ2) is 4.89. The summed E-state index contributed by atoms with van der Waals surface area (Å²) in [5.74, 6) is 0.238. The number of hydrogen-bond acceptors (Lipinski definition) is 3. The third-order valence-corrected chi connectivity index (χ3v) is 3.06. The number of furan rings is 1. The van der Waals surface area contributed by atoms with E-state index in [1.54, 1.807) is 12.1 Å². The lowest BCUT2D eigenvalue weighted by Gasteiger charge is -2.26. The van der Waals surface area contributed by atoms with Gasteiger partial charge in [-0.15, -0.1) is 0 Å². The first-order valence-corrected chi connectivity index (χ1v) is 5.87. The number of hydrogen-bond donors (Lipinski definition) is 1. The molecule has 0 bridgehead atoms. The molecule has 2 heterocycles. The highest BCUT2D eigenvalue weighted by atomic mass is 35.5. The third-order valence-electron chi connectivity index (χ3n) is 2.86. The van der Waals surface area contributed by atoms with Crippen molar-refractivity contribution in [1.82, 2.24) is 10.2 Å². The first kappa shape index (κ1) is 11.5. The van der Waals surface area contributed by atoms with Gasteiger partial charge in [0.1, 0.15) is 0 Å². The van der Waals surface area contributed by atoms with E-state index in [4.69, 9.17) is 16.0 Å². The van der Waals surface area contributed by atoms with Gasteiger partial charge in [-0.05, 0) is 43.6 Å². The Labute approximate surface area is 99.5 Å². The summed E-state index contributed by atoms with van der Waals surface area (Å²) in [6, 6.07) is 3.48. The molecule has 1 amide bonds. The standard InChI is InChI=1S/C11H15ClN2O2/c1-2-14(8-5-6-13-7-8)11(15)9-3-4-10(12)16-9/h3-4,8,13H,2,5-7H2,1H3. The van der Waals surface area contributed by atoms with Gasteiger partial charge in [0, 0.05) is 19.1 Å². The Morgan fingerprint density at radius 2 is 2.50 bits per heavy atom. The first-order valence-electron chi connectivity index (χ1n) is 5.49. The van der Waals surface area contributed by atoms with Gasteiger partial charge < -0.3 is 14.6 Å². The molecule has 1 aromatic heterocycles. The zero-order valence-corrected chi connectivity index (χ0v) is 9.96. The minimum Gasteiger partial charge on any atom is -0.440 e. The molecule has 16 heavy (non-hydrogen) atoms. The van der Waals surface area contributed by atoms with Gasteiger partial charge in [-0.1, -0.05) is 0 Å². The summed E-state index contributed by atoms with van der Waals surface area (Å²) in [5.41, 5.74) is 0. The van der Waals surface area contributed by atoms with E-state index in [1.807, 2.05) is 11.8 Å². The summed E-state index contributed by atoms with van der Waals surface area (Å²) in [4.78, 5) is 14.0. The van der Waals surface area contributed by atoms with Gasteiger partial charge >= 0.3 is 0 Å². The Morgan fingerprint density at radius 3 is 3.00 bits per heavy atom. The smallest absolute Gasteiger partial charge is 0.289 e. The predicted molar refractivity (Wildman–Crippen MR) is 61.7 cm³/mol. The van der Waals surface area contributed by atoms with E-state index >= 15 is 0 Å². The number of halogens is 1. The summed E-state index contributed by atoms with van der Waals surface area (Å²) in [7, 11) is 0. The number of likely N-dealkylation sites (N-methyl/N-ethyl adjacent to an activating group) is 1. The molecule has 0 aromatic carbocycles. The summed E-state index contributed by atoms with van der Waals surface area (Å²) < 4.78 is 5.14. The quantitative estimate of drug-likeness (QED) is 0.879. The maximum Gasteiger partial charge on any atom is 0.289 e. The molecule has 2 rings (SSSR count). The molecule has 1 unspecified atom stereocenters. The molecule has 1 aromatic rings. The summed E-state index contributed by atoms with van der Waals surface area (Å²) in [5, 5.41) is 3.50. The zero-order chi connectivity index (χ0) is 11.5. The SMILES string of the molecule is CCN(C(=O)c1ccc(Cl)o1)C1CCNC1. The van der Waals surface area contributed by atoms with Crippen LogP contribution < -0.4 is 5.32 Å². The normalized spacial score (nSPS) is 20.0. The van der Waals surface area contributed by atoms with Gasteiger partial charge in [0.05, 0.1) is 0 Å². The molecule has 0 radical (unpaired) electrons. The molecular formula is C11H15ClN2O2. The average Bonchev–Trinajstić information content (AvgIpc) is 2.90. The van der Waals surface area contributed by atoms with E-state index < -0.39 is 0 Å². The lowest BCUT2D eigenvalue weighted by molar-refractivity contribution is 0.0671. The Balaban J connectivity index is 2.11. The van der Waals surface area contributed by atoms with Crippen LogP contribution in [0.3, 0.4) is 0 Å². The average molecular weight is 243 g/mol. The topological polar surface area (TPSA) is 45.5 Å². The molecule has 0 saturated carbocycles. The van der Waals surface area contributed by atoms with Crippen LogP contribution in [0.4, 0.5) is 0 Å². The van der Waals surface area contributed by atoms with Gasteiger partial charge in [0.25, 0.3) is 5.91 Å². The minimum absolute atomic E-state index is 0.0805. The molecule has 1 atom stereocenters. The lowest BCUT2D eigenvalue weighted by atomic mass is 10.2. The van der Waals surface area contributed by atoms with Crippen molar-refractivity contribution in [1.29, 1.82) is 0 Å². The fourth-order valence-electron chi connectivity index (χ4n) is 2.04. The number of nitrogens with zero attached hydrogens (tertiary/aromatic N) is 1. The lowest BCUT2D eigenvalue weighted by Crippen LogP contribution is -2.41. The molecule has 1 N–H and O–H groups in total. The molecule has 5 heteroatoms. The van der Waals surface area contributed by atoms with E-state index in [0.29, 0.717) is 12.3 Å². The molecule has 4 nitrogen and oxygen atoms in total. The Kier molecular flexibility index (Phi) is 3.51. The van der Waals surface area contributed by atoms with E-state index in [2.05, 4.69) is 5.32 Å². The van der Waals surface area contributed by atoms with Crippen LogP contribution in [0.15, 0.2) is 16.5 Å². The van der Waals surface area contributed by atoms with Crippen molar-refractivity contribution in [3.8, 4) is 0 Å². The zero-order valence-electron chi connectivity index (χ0n) is 9.20. The number of carbonyl (C=O) groups excluding carboxylic acids is 1. The molecular weight excluding hydrogens is 228 g/mol. The molecule has 1 saturated heterocycles. The fourth-order valence-corrected chi connectivity index (χ4v) is 2.19. The summed E-state index contributed by atoms with van der Waals surface area (Å²) in [6.07, 6.45) is 0.994. The van der Waals surface area contributed by atoms with Crippen LogP contribution in [0.25, 0.3) is 0 Å². The van der Waals surface area contributed by atoms with Crippen LogP contribution in [-0.2, 0) is 0 Å². The molecule has 0 aliphatic carbocycles. The predicted octanol–water partition coefficient (Wildman–Crippen LogP) is 1.76. The van der Waals surface area contributed by atoms with Crippen molar-refractivity contribution in [3.63, 3.8) is 0 Å². The van der Waals surface area contributed by atoms with E-state index in [1.165, 1.54) is 0 Å². The maximum atomic E-state index is 12.1. The van der Waals surface area contributed by atoms with Crippen molar-refractivity contribution < 1.29 is 9.21 Å². The van der Waals surface area contributed by atoms with Gasteiger partial charge in [-0.3, -0.25) is 4.79 Å². The second-order valence-corrected chi connectivity index (χ2v) is 4.21. The maximum absolute atomic E-state index is 12.1. The molecule has 1 aliphatic heterocycles. The van der Waals surface area contributed by atoms with Gasteiger partial charge in [0.2, 0.25) is 0 Å². The fraction of sp³-hybridized carbons (Fsp3) is 0.545. The van der Waals surface area contributed by atoms with Crippen molar-refractivity contribution in [2.24, 2.45) is 0 Å². The number of rotatable bonds is 3. The van der Waals surface area contributed by atoms with Crippen molar-refractivity contribution >= 4 is 17.5 Å². The van der Waals surface area contributed by atoms with Crippen LogP contribution in [0.1, 0.15) is 23.9 Å². The van der Waals surface area contributed by atoms with E-state index in [-0.39, 0.29) is 17.2 Å². The van der Waals surface area contributed by atoms with Crippen LogP contribution in [0.5, 0.6) is 0 Å². The van der Waals surface area contributed by atoms with Crippen molar-refractivity contribution in [3.05, 3.63) is 23.1 Å². The second-order valence-electron chi connectivity index (χ2n) is 3.84. The van der Waals surface area contributed by atoms with Crippen LogP contribution in [-0.4, -0.2) is 36.5 Å². The van der Waals surface area contributed by atoms with E-state index in [9.17, 15) is 4.79 Å². The first-order chi connectivity index (χ1) is 7.72. The molecule has 1 fully saturated rings. The van der Waals surface area contributed by atoms with Crippen LogP contribution >= 0.6 is 11.6 Å². The Hall–Kier alpha value is -1.00. The Morgan fingerprint density at radius 1 is 1.69 bits per heavy atom. The monoisotopic (exact) mass is 242 g/mol. The number of carbonyl (C=O) groups is 1. The highest BCUT2D eigenvalue weighted by molar-refractivity contribution is 6.29. The van der Waals surface area contributed by atoms with E-state index in [0.717, 1.165) is 19.5 Å². The minimum atomic E-state index is -0.0805.